The Kier molecular flexibility index (Phi) is 6.71. The van der Waals surface area contributed by atoms with Crippen LogP contribution in [-0.4, -0.2) is 59.4 Å². The number of hydrogen-bond donors (Lipinski definition) is 0. The zero-order valence-electron chi connectivity index (χ0n) is 18.2. The van der Waals surface area contributed by atoms with Gasteiger partial charge in [0.2, 0.25) is 11.8 Å². The fourth-order valence-corrected chi connectivity index (χ4v) is 3.56. The second kappa shape index (κ2) is 9.08. The van der Waals surface area contributed by atoms with Gasteiger partial charge in [0.1, 0.15) is 12.1 Å². The first-order valence-electron chi connectivity index (χ1n) is 10.0. The van der Waals surface area contributed by atoms with Crippen LogP contribution in [-0.2, 0) is 4.79 Å². The molecule has 7 nitrogen and oxygen atoms in total. The SMILES string of the molecule is COc1cc(C)ccc1Oc1cc(N2CCN(C(=O)C(C)(C)CCl)C(C)C2)ncn1. The van der Waals surface area contributed by atoms with E-state index < -0.39 is 5.41 Å². The van der Waals surface area contributed by atoms with E-state index in [1.807, 2.05) is 56.9 Å². The number of hydrogen-bond acceptors (Lipinski definition) is 6. The minimum absolute atomic E-state index is 0.0465. The molecule has 1 aromatic carbocycles. The number of amides is 1. The molecule has 0 saturated carbocycles. The third-order valence-corrected chi connectivity index (χ3v) is 5.95. The molecule has 1 fully saturated rings. The molecule has 1 amide bonds. The predicted molar refractivity (Wildman–Crippen MR) is 118 cm³/mol. The van der Waals surface area contributed by atoms with E-state index in [9.17, 15) is 4.79 Å². The van der Waals surface area contributed by atoms with Crippen molar-refractivity contribution in [3.05, 3.63) is 36.2 Å². The molecule has 30 heavy (non-hydrogen) atoms. The zero-order valence-corrected chi connectivity index (χ0v) is 18.9. The van der Waals surface area contributed by atoms with Gasteiger partial charge in [0.05, 0.1) is 12.5 Å². The van der Waals surface area contributed by atoms with Crippen LogP contribution in [0.5, 0.6) is 17.4 Å². The lowest BCUT2D eigenvalue weighted by molar-refractivity contribution is -0.141. The van der Waals surface area contributed by atoms with E-state index >= 15 is 0 Å². The fourth-order valence-electron chi connectivity index (χ4n) is 3.44. The molecular weight excluding hydrogens is 404 g/mol. The van der Waals surface area contributed by atoms with Crippen LogP contribution in [0, 0.1) is 12.3 Å². The summed E-state index contributed by atoms with van der Waals surface area (Å²) in [6.45, 7) is 9.78. The normalized spacial score (nSPS) is 17.1. The van der Waals surface area contributed by atoms with E-state index in [-0.39, 0.29) is 11.9 Å². The topological polar surface area (TPSA) is 67.8 Å². The quantitative estimate of drug-likeness (QED) is 0.645. The molecule has 1 unspecified atom stereocenters. The number of piperazine rings is 1. The number of alkyl halides is 1. The Morgan fingerprint density at radius 1 is 1.23 bits per heavy atom. The molecule has 0 spiro atoms. The summed E-state index contributed by atoms with van der Waals surface area (Å²) in [4.78, 5) is 25.5. The second-order valence-electron chi connectivity index (χ2n) is 8.28. The summed E-state index contributed by atoms with van der Waals surface area (Å²) in [5.74, 6) is 2.84. The molecule has 8 heteroatoms. The second-order valence-corrected chi connectivity index (χ2v) is 8.55. The van der Waals surface area contributed by atoms with Crippen LogP contribution < -0.4 is 14.4 Å². The summed E-state index contributed by atoms with van der Waals surface area (Å²) in [6, 6.07) is 7.59. The number of aryl methyl sites for hydroxylation is 1. The van der Waals surface area contributed by atoms with Gasteiger partial charge in [-0.2, -0.15) is 0 Å². The van der Waals surface area contributed by atoms with Gasteiger partial charge in [0.25, 0.3) is 0 Å². The standard InChI is InChI=1S/C22H29ClN4O3/c1-15-6-7-17(18(10-15)29-5)30-20-11-19(24-14-25-20)26-8-9-27(16(2)12-26)21(28)22(3,4)13-23/h6-7,10-11,14,16H,8-9,12-13H2,1-5H3. The van der Waals surface area contributed by atoms with Gasteiger partial charge in [0, 0.05) is 37.6 Å². The van der Waals surface area contributed by atoms with Crippen molar-refractivity contribution < 1.29 is 14.3 Å². The molecule has 1 aromatic heterocycles. The number of benzene rings is 1. The van der Waals surface area contributed by atoms with Crippen LogP contribution >= 0.6 is 11.6 Å². The van der Waals surface area contributed by atoms with Gasteiger partial charge in [0.15, 0.2) is 11.5 Å². The summed E-state index contributed by atoms with van der Waals surface area (Å²) in [5.41, 5.74) is 0.516. The lowest BCUT2D eigenvalue weighted by Gasteiger charge is -2.43. The van der Waals surface area contributed by atoms with Gasteiger partial charge < -0.3 is 19.3 Å². The molecule has 2 aromatic rings. The van der Waals surface area contributed by atoms with E-state index in [2.05, 4.69) is 14.9 Å². The van der Waals surface area contributed by atoms with Crippen molar-refractivity contribution in [2.75, 3.05) is 37.5 Å². The Morgan fingerprint density at radius 3 is 2.67 bits per heavy atom. The number of ether oxygens (including phenoxy) is 2. The molecule has 1 saturated heterocycles. The van der Waals surface area contributed by atoms with Gasteiger partial charge >= 0.3 is 0 Å². The third-order valence-electron chi connectivity index (χ3n) is 5.29. The van der Waals surface area contributed by atoms with E-state index in [1.54, 1.807) is 7.11 Å². The summed E-state index contributed by atoms with van der Waals surface area (Å²) in [6.07, 6.45) is 1.49. The molecule has 0 aliphatic carbocycles. The van der Waals surface area contributed by atoms with Crippen LogP contribution in [0.15, 0.2) is 30.6 Å². The predicted octanol–water partition coefficient (Wildman–Crippen LogP) is 3.89. The van der Waals surface area contributed by atoms with Gasteiger partial charge in [-0.05, 0) is 45.4 Å². The molecule has 2 heterocycles. The third kappa shape index (κ3) is 4.78. The number of rotatable bonds is 6. The average molecular weight is 433 g/mol. The van der Waals surface area contributed by atoms with Crippen molar-refractivity contribution in [1.29, 1.82) is 0 Å². The molecule has 1 aliphatic heterocycles. The smallest absolute Gasteiger partial charge is 0.229 e. The van der Waals surface area contributed by atoms with Crippen molar-refractivity contribution in [3.8, 4) is 17.4 Å². The highest BCUT2D eigenvalue weighted by Crippen LogP contribution is 2.32. The number of halogens is 1. The Balaban J connectivity index is 1.72. The molecule has 162 valence electrons. The summed E-state index contributed by atoms with van der Waals surface area (Å²) in [5, 5.41) is 0. The highest BCUT2D eigenvalue weighted by molar-refractivity contribution is 6.19. The monoisotopic (exact) mass is 432 g/mol. The minimum atomic E-state index is -0.568. The molecule has 1 atom stereocenters. The Hall–Kier alpha value is -2.54. The average Bonchev–Trinajstić information content (AvgIpc) is 2.74. The van der Waals surface area contributed by atoms with Crippen LogP contribution in [0.1, 0.15) is 26.3 Å². The highest BCUT2D eigenvalue weighted by atomic mass is 35.5. The first kappa shape index (κ1) is 22.2. The van der Waals surface area contributed by atoms with E-state index in [1.165, 1.54) is 6.33 Å². The number of carbonyl (C=O) groups excluding carboxylic acids is 1. The van der Waals surface area contributed by atoms with Gasteiger partial charge in [-0.25, -0.2) is 9.97 Å². The maximum Gasteiger partial charge on any atom is 0.229 e. The van der Waals surface area contributed by atoms with Crippen LogP contribution in [0.25, 0.3) is 0 Å². The Labute approximate surface area is 183 Å². The summed E-state index contributed by atoms with van der Waals surface area (Å²) < 4.78 is 11.4. The van der Waals surface area contributed by atoms with Crippen molar-refractivity contribution in [2.45, 2.75) is 33.7 Å². The molecular formula is C22H29ClN4O3. The first-order valence-corrected chi connectivity index (χ1v) is 10.5. The van der Waals surface area contributed by atoms with E-state index in [0.717, 1.165) is 11.4 Å². The van der Waals surface area contributed by atoms with Crippen LogP contribution in [0.2, 0.25) is 0 Å². The minimum Gasteiger partial charge on any atom is -0.493 e. The Morgan fingerprint density at radius 2 is 2.00 bits per heavy atom. The number of aromatic nitrogens is 2. The number of methoxy groups -OCH3 is 1. The van der Waals surface area contributed by atoms with Crippen LogP contribution in [0.3, 0.4) is 0 Å². The lowest BCUT2D eigenvalue weighted by Crippen LogP contribution is -2.57. The first-order chi connectivity index (χ1) is 14.2. The van der Waals surface area contributed by atoms with Gasteiger partial charge in [-0.1, -0.05) is 6.07 Å². The number of anilines is 1. The summed E-state index contributed by atoms with van der Waals surface area (Å²) in [7, 11) is 1.61. The zero-order chi connectivity index (χ0) is 21.9. The van der Waals surface area contributed by atoms with E-state index in [4.69, 9.17) is 21.1 Å². The Bertz CT molecular complexity index is 906. The maximum atomic E-state index is 12.8. The highest BCUT2D eigenvalue weighted by Gasteiger charge is 2.36. The van der Waals surface area contributed by atoms with Crippen LogP contribution in [0.4, 0.5) is 5.82 Å². The van der Waals surface area contributed by atoms with Crippen molar-refractivity contribution in [3.63, 3.8) is 0 Å². The lowest BCUT2D eigenvalue weighted by atomic mass is 9.93. The summed E-state index contributed by atoms with van der Waals surface area (Å²) >= 11 is 6.00. The van der Waals surface area contributed by atoms with Crippen molar-refractivity contribution >= 4 is 23.3 Å². The largest absolute Gasteiger partial charge is 0.493 e. The van der Waals surface area contributed by atoms with Gasteiger partial charge in [-0.3, -0.25) is 4.79 Å². The molecule has 0 bridgehead atoms. The molecule has 0 N–H and O–H groups in total. The number of nitrogens with zero attached hydrogens (tertiary/aromatic N) is 4. The van der Waals surface area contributed by atoms with E-state index in [0.29, 0.717) is 42.9 Å². The van der Waals surface area contributed by atoms with Crippen molar-refractivity contribution in [2.24, 2.45) is 5.41 Å². The maximum absolute atomic E-state index is 12.8. The number of carbonyl (C=O) groups is 1. The van der Waals surface area contributed by atoms with Crippen molar-refractivity contribution in [1.82, 2.24) is 14.9 Å². The molecule has 1 aliphatic rings. The molecule has 3 rings (SSSR count). The molecule has 0 radical (unpaired) electrons. The fraction of sp³-hybridized carbons (Fsp3) is 0.500. The van der Waals surface area contributed by atoms with Gasteiger partial charge in [-0.15, -0.1) is 11.6 Å².